The van der Waals surface area contributed by atoms with Gasteiger partial charge in [-0.3, -0.25) is 9.59 Å². The number of alkyl carbamates (subject to hydrolysis) is 1. The highest BCUT2D eigenvalue weighted by atomic mass is 16.5. The van der Waals surface area contributed by atoms with Gasteiger partial charge in [-0.25, -0.2) is 4.79 Å². The van der Waals surface area contributed by atoms with Gasteiger partial charge >= 0.3 is 12.1 Å². The predicted molar refractivity (Wildman–Crippen MR) is 148 cm³/mol. The van der Waals surface area contributed by atoms with Crippen LogP contribution in [-0.4, -0.2) is 49.2 Å². The van der Waals surface area contributed by atoms with E-state index in [9.17, 15) is 14.4 Å². The maximum Gasteiger partial charge on any atom is 0.407 e. The minimum Gasteiger partial charge on any atom is -0.468 e. The quantitative estimate of drug-likeness (QED) is 0.302. The average Bonchev–Trinajstić information content (AvgIpc) is 3.28. The third-order valence-electron chi connectivity index (χ3n) is 7.94. The van der Waals surface area contributed by atoms with Crippen molar-refractivity contribution < 1.29 is 23.9 Å². The number of carbonyl (C=O) groups excluding carboxylic acids is 3. The molecule has 0 bridgehead atoms. The molecule has 1 aliphatic carbocycles. The van der Waals surface area contributed by atoms with Crippen LogP contribution < -0.4 is 5.32 Å². The van der Waals surface area contributed by atoms with Gasteiger partial charge in [-0.1, -0.05) is 92.7 Å². The molecular formula is C32H34N2O5. The van der Waals surface area contributed by atoms with Crippen molar-refractivity contribution in [3.63, 3.8) is 0 Å². The summed E-state index contributed by atoms with van der Waals surface area (Å²) in [5.41, 5.74) is 5.62. The summed E-state index contributed by atoms with van der Waals surface area (Å²) in [7, 11) is 1.31. The molecule has 3 aromatic rings. The second kappa shape index (κ2) is 11.3. The van der Waals surface area contributed by atoms with Gasteiger partial charge in [-0.05, 0) is 40.2 Å². The van der Waals surface area contributed by atoms with Crippen LogP contribution in [-0.2, 0) is 19.1 Å². The van der Waals surface area contributed by atoms with Gasteiger partial charge in [0, 0.05) is 12.0 Å². The van der Waals surface area contributed by atoms with E-state index >= 15 is 0 Å². The first-order valence-electron chi connectivity index (χ1n) is 13.4. The molecule has 0 saturated carbocycles. The molecule has 0 unspecified atom stereocenters. The Kier molecular flexibility index (Phi) is 7.68. The van der Waals surface area contributed by atoms with E-state index in [1.807, 2.05) is 68.4 Å². The lowest BCUT2D eigenvalue weighted by molar-refractivity contribution is -0.165. The summed E-state index contributed by atoms with van der Waals surface area (Å²) in [5.74, 6) is -0.889. The highest BCUT2D eigenvalue weighted by molar-refractivity contribution is 5.90. The summed E-state index contributed by atoms with van der Waals surface area (Å²) in [6, 6.07) is 25.6. The lowest BCUT2D eigenvalue weighted by Crippen LogP contribution is -2.58. The number of hydrogen-bond donors (Lipinski definition) is 1. The van der Waals surface area contributed by atoms with Gasteiger partial charge in [0.1, 0.15) is 13.2 Å². The van der Waals surface area contributed by atoms with Crippen LogP contribution >= 0.6 is 0 Å². The normalized spacial score (nSPS) is 18.7. The van der Waals surface area contributed by atoms with Gasteiger partial charge in [0.15, 0.2) is 0 Å². The highest BCUT2D eigenvalue weighted by Gasteiger charge is 2.49. The highest BCUT2D eigenvalue weighted by Crippen LogP contribution is 2.45. The molecule has 202 valence electrons. The molecule has 0 aromatic heterocycles. The van der Waals surface area contributed by atoms with Crippen molar-refractivity contribution in [1.29, 1.82) is 0 Å². The maximum absolute atomic E-state index is 13.1. The Hall–Kier alpha value is -4.13. The van der Waals surface area contributed by atoms with Gasteiger partial charge in [0.2, 0.25) is 5.91 Å². The number of likely N-dealkylation sites (tertiary alicyclic amines) is 1. The van der Waals surface area contributed by atoms with Gasteiger partial charge in [-0.15, -0.1) is 0 Å². The summed E-state index contributed by atoms with van der Waals surface area (Å²) in [5, 5.41) is 3.02. The molecule has 3 aromatic carbocycles. The van der Waals surface area contributed by atoms with Crippen LogP contribution in [0.25, 0.3) is 11.1 Å². The third-order valence-corrected chi connectivity index (χ3v) is 7.94. The van der Waals surface area contributed by atoms with Gasteiger partial charge in [-0.2, -0.15) is 0 Å². The molecule has 1 fully saturated rings. The lowest BCUT2D eigenvalue weighted by atomic mass is 9.77. The monoisotopic (exact) mass is 526 g/mol. The number of fused-ring (bicyclic) bond motifs is 3. The zero-order chi connectivity index (χ0) is 27.5. The Bertz CT molecular complexity index is 1310. The van der Waals surface area contributed by atoms with Gasteiger partial charge in [0.05, 0.1) is 19.1 Å². The van der Waals surface area contributed by atoms with Gasteiger partial charge < -0.3 is 19.7 Å². The Morgan fingerprint density at radius 2 is 1.49 bits per heavy atom. The number of carbonyl (C=O) groups is 3. The van der Waals surface area contributed by atoms with Crippen molar-refractivity contribution in [3.8, 4) is 11.1 Å². The first kappa shape index (κ1) is 26.5. The molecular weight excluding hydrogens is 492 g/mol. The van der Waals surface area contributed by atoms with Crippen molar-refractivity contribution in [1.82, 2.24) is 10.2 Å². The van der Waals surface area contributed by atoms with E-state index in [2.05, 4.69) is 29.6 Å². The van der Waals surface area contributed by atoms with E-state index in [1.54, 1.807) is 4.90 Å². The van der Waals surface area contributed by atoms with E-state index in [0.717, 1.165) is 16.7 Å². The molecule has 3 atom stereocenters. The SMILES string of the molecule is COC(=O)CN1C(=O)[C@H](C[C@H](NC(=O)OCC2c3ccccc3-c3ccccc32)C(C)C)[C@H]1c1ccccc1. The number of methoxy groups -OCH3 is 1. The fourth-order valence-corrected chi connectivity index (χ4v) is 5.86. The number of benzene rings is 3. The lowest BCUT2D eigenvalue weighted by Gasteiger charge is -2.48. The summed E-state index contributed by atoms with van der Waals surface area (Å²) in [4.78, 5) is 39.7. The number of β-lactam (4-membered cyclic amide) rings is 1. The standard InChI is InChI=1S/C32H34N2O5/c1-20(2)28(17-26-30(21-11-5-4-6-12-21)34(31(26)36)18-29(35)38-3)33-32(37)39-19-27-24-15-9-7-13-22(24)23-14-8-10-16-25(23)27/h4-16,20,26-28,30H,17-19H2,1-3H3,(H,33,37)/t26-,28+,30-/m1/s1. The Morgan fingerprint density at radius 3 is 2.08 bits per heavy atom. The van der Waals surface area contributed by atoms with Crippen LogP contribution in [0.15, 0.2) is 78.9 Å². The second-order valence-electron chi connectivity index (χ2n) is 10.6. The maximum atomic E-state index is 13.1. The number of esters is 1. The molecule has 2 aliphatic rings. The number of ether oxygens (including phenoxy) is 2. The first-order valence-corrected chi connectivity index (χ1v) is 13.4. The van der Waals surface area contributed by atoms with Crippen LogP contribution in [0.3, 0.4) is 0 Å². The van der Waals surface area contributed by atoms with E-state index < -0.39 is 12.1 Å². The van der Waals surface area contributed by atoms with E-state index in [1.165, 1.54) is 18.2 Å². The molecule has 0 spiro atoms. The predicted octanol–water partition coefficient (Wildman–Crippen LogP) is 5.31. The van der Waals surface area contributed by atoms with Crippen molar-refractivity contribution in [2.45, 2.75) is 38.3 Å². The topological polar surface area (TPSA) is 84.9 Å². The average molecular weight is 527 g/mol. The Balaban J connectivity index is 1.26. The van der Waals surface area contributed by atoms with Crippen LogP contribution in [0, 0.1) is 11.8 Å². The number of hydrogen-bond acceptors (Lipinski definition) is 5. The minimum absolute atomic E-state index is 0.0248. The van der Waals surface area contributed by atoms with Crippen LogP contribution in [0.1, 0.15) is 48.9 Å². The van der Waals surface area contributed by atoms with Crippen LogP contribution in [0.2, 0.25) is 0 Å². The fourth-order valence-electron chi connectivity index (χ4n) is 5.86. The van der Waals surface area contributed by atoms with E-state index in [4.69, 9.17) is 9.47 Å². The number of nitrogens with zero attached hydrogens (tertiary/aromatic N) is 1. The summed E-state index contributed by atoms with van der Waals surface area (Å²) in [6.45, 7) is 4.16. The van der Waals surface area contributed by atoms with Crippen molar-refractivity contribution in [2.75, 3.05) is 20.3 Å². The molecule has 1 heterocycles. The number of nitrogens with one attached hydrogen (secondary N) is 1. The summed E-state index contributed by atoms with van der Waals surface area (Å²) < 4.78 is 10.6. The minimum atomic E-state index is -0.495. The summed E-state index contributed by atoms with van der Waals surface area (Å²) in [6.07, 6.45) is -0.0530. The molecule has 1 N–H and O–H groups in total. The molecule has 7 heteroatoms. The van der Waals surface area contributed by atoms with Crippen molar-refractivity contribution in [3.05, 3.63) is 95.6 Å². The molecule has 1 aliphatic heterocycles. The Labute approximate surface area is 229 Å². The molecule has 1 saturated heterocycles. The van der Waals surface area contributed by atoms with Crippen LogP contribution in [0.4, 0.5) is 4.79 Å². The Morgan fingerprint density at radius 1 is 0.897 bits per heavy atom. The van der Waals surface area contributed by atoms with E-state index in [0.29, 0.717) is 6.42 Å². The molecule has 0 radical (unpaired) electrons. The zero-order valence-corrected chi connectivity index (χ0v) is 22.5. The number of rotatable bonds is 9. The summed E-state index contributed by atoms with van der Waals surface area (Å²) >= 11 is 0. The number of amides is 2. The molecule has 39 heavy (non-hydrogen) atoms. The van der Waals surface area contributed by atoms with Crippen LogP contribution in [0.5, 0.6) is 0 Å². The second-order valence-corrected chi connectivity index (χ2v) is 10.6. The van der Waals surface area contributed by atoms with Gasteiger partial charge in [0.25, 0.3) is 0 Å². The largest absolute Gasteiger partial charge is 0.468 e. The third kappa shape index (κ3) is 5.26. The molecule has 7 nitrogen and oxygen atoms in total. The van der Waals surface area contributed by atoms with E-state index in [-0.39, 0.29) is 48.9 Å². The smallest absolute Gasteiger partial charge is 0.407 e. The molecule has 5 rings (SSSR count). The van der Waals surface area contributed by atoms with Crippen molar-refractivity contribution >= 4 is 18.0 Å². The fraction of sp³-hybridized carbons (Fsp3) is 0.344. The zero-order valence-electron chi connectivity index (χ0n) is 22.5. The first-order chi connectivity index (χ1) is 18.9. The molecule has 2 amide bonds. The van der Waals surface area contributed by atoms with Crippen molar-refractivity contribution in [2.24, 2.45) is 11.8 Å².